The molecule has 304 valence electrons. The minimum atomic E-state index is -4.48. The molecule has 20 heteroatoms. The minimum Gasteiger partial charge on any atom is -0.473 e. The number of carboxylic acid groups (broad SMARTS) is 4. The molecule has 1 saturated heterocycles. The molecule has 1 aliphatic rings. The Hall–Kier alpha value is -7.35. The van der Waals surface area contributed by atoms with Gasteiger partial charge in [0.05, 0.1) is 23.1 Å². The van der Waals surface area contributed by atoms with Crippen LogP contribution in [0.5, 0.6) is 11.6 Å². The topological polar surface area (TPSA) is 242 Å². The highest BCUT2D eigenvalue weighted by molar-refractivity contribution is 6.27. The second-order valence-corrected chi connectivity index (χ2v) is 12.4. The van der Waals surface area contributed by atoms with Gasteiger partial charge in [-0.05, 0) is 73.7 Å². The quantitative estimate of drug-likeness (QED) is 0.140. The molecule has 5 N–H and O–H groups in total. The predicted octanol–water partition coefficient (Wildman–Crippen LogP) is 4.69. The third-order valence-electron chi connectivity index (χ3n) is 8.37. The number of pyridine rings is 2. The number of rotatable bonds is 7. The van der Waals surface area contributed by atoms with Crippen LogP contribution in [0.1, 0.15) is 39.0 Å². The van der Waals surface area contributed by atoms with Crippen molar-refractivity contribution in [3.05, 3.63) is 114 Å². The van der Waals surface area contributed by atoms with Gasteiger partial charge in [0.25, 0.3) is 11.8 Å². The number of hydrogen-bond acceptors (Lipinski definition) is 10. The second kappa shape index (κ2) is 19.0. The molecule has 0 unspecified atom stereocenters. The number of aromatic nitrogens is 3. The first kappa shape index (κ1) is 43.4. The van der Waals surface area contributed by atoms with Gasteiger partial charge in [0, 0.05) is 68.0 Å². The SMILES string of the molecule is C[C@H]1CN(Cc2ccccn2)CCN1C(=O)c1cc2cc(Oc3ccc(NC(=O)c4ccc(C(F)(F)F)cc4)cn3)ccc2n1C.O=C(O)C(=O)O.O=C(O)C(=O)O. The van der Waals surface area contributed by atoms with E-state index in [9.17, 15) is 22.8 Å². The number of nitrogens with one attached hydrogen (secondary N) is 1. The van der Waals surface area contributed by atoms with Crippen LogP contribution in [0.2, 0.25) is 0 Å². The summed E-state index contributed by atoms with van der Waals surface area (Å²) in [6, 6.07) is 20.4. The van der Waals surface area contributed by atoms with Gasteiger partial charge in [0.1, 0.15) is 11.4 Å². The first-order chi connectivity index (χ1) is 27.3. The molecule has 1 aliphatic heterocycles. The van der Waals surface area contributed by atoms with Crippen molar-refractivity contribution in [3.8, 4) is 11.6 Å². The van der Waals surface area contributed by atoms with Crippen molar-refractivity contribution in [2.75, 3.05) is 25.0 Å². The number of alkyl halides is 3. The van der Waals surface area contributed by atoms with Gasteiger partial charge in [-0.1, -0.05) is 6.07 Å². The van der Waals surface area contributed by atoms with Crippen molar-refractivity contribution in [2.45, 2.75) is 25.7 Å². The van der Waals surface area contributed by atoms with Gasteiger partial charge in [0.15, 0.2) is 0 Å². The summed E-state index contributed by atoms with van der Waals surface area (Å²) in [4.78, 5) is 75.4. The van der Waals surface area contributed by atoms with E-state index in [0.717, 1.165) is 60.5 Å². The summed E-state index contributed by atoms with van der Waals surface area (Å²) in [6.07, 6.45) is -1.29. The maximum Gasteiger partial charge on any atom is 0.416 e. The lowest BCUT2D eigenvalue weighted by Crippen LogP contribution is -2.53. The number of ether oxygens (including phenoxy) is 1. The summed E-state index contributed by atoms with van der Waals surface area (Å²) < 4.78 is 46.2. The summed E-state index contributed by atoms with van der Waals surface area (Å²) in [5.41, 5.74) is 2.08. The van der Waals surface area contributed by atoms with Crippen LogP contribution < -0.4 is 10.1 Å². The number of benzene rings is 2. The summed E-state index contributed by atoms with van der Waals surface area (Å²) >= 11 is 0. The number of nitrogens with zero attached hydrogens (tertiary/aromatic N) is 5. The van der Waals surface area contributed by atoms with Gasteiger partial charge in [-0.3, -0.25) is 19.5 Å². The zero-order valence-electron chi connectivity index (χ0n) is 30.6. The molecule has 0 radical (unpaired) electrons. The maximum absolute atomic E-state index is 13.7. The highest BCUT2D eigenvalue weighted by Gasteiger charge is 2.31. The predicted molar refractivity (Wildman–Crippen MR) is 197 cm³/mol. The lowest BCUT2D eigenvalue weighted by molar-refractivity contribution is -0.159. The molecule has 6 rings (SSSR count). The van der Waals surface area contributed by atoms with Crippen LogP contribution in [0.3, 0.4) is 0 Å². The number of aryl methyl sites for hydroxylation is 1. The summed E-state index contributed by atoms with van der Waals surface area (Å²) in [5.74, 6) is -7.10. The van der Waals surface area contributed by atoms with E-state index in [1.807, 2.05) is 52.9 Å². The van der Waals surface area contributed by atoms with Gasteiger partial charge >= 0.3 is 30.1 Å². The molecule has 1 fully saturated rings. The van der Waals surface area contributed by atoms with E-state index in [-0.39, 0.29) is 23.4 Å². The first-order valence-electron chi connectivity index (χ1n) is 16.9. The number of anilines is 1. The molecule has 17 nitrogen and oxygen atoms in total. The van der Waals surface area contributed by atoms with Crippen molar-refractivity contribution < 1.29 is 67.1 Å². The number of hydrogen-bond donors (Lipinski definition) is 5. The number of amides is 2. The lowest BCUT2D eigenvalue weighted by Gasteiger charge is -2.39. The van der Waals surface area contributed by atoms with Crippen molar-refractivity contribution in [2.24, 2.45) is 7.05 Å². The van der Waals surface area contributed by atoms with Gasteiger partial charge in [-0.2, -0.15) is 13.2 Å². The molecule has 0 bridgehead atoms. The molecule has 0 aliphatic carbocycles. The van der Waals surface area contributed by atoms with E-state index < -0.39 is 41.5 Å². The van der Waals surface area contributed by atoms with E-state index in [1.165, 1.54) is 6.20 Å². The third kappa shape index (κ3) is 11.8. The van der Waals surface area contributed by atoms with Crippen LogP contribution in [0.25, 0.3) is 10.9 Å². The average molecular weight is 809 g/mol. The number of aliphatic carboxylic acids is 4. The Balaban J connectivity index is 0.000000542. The molecule has 2 amide bonds. The van der Waals surface area contributed by atoms with E-state index in [4.69, 9.17) is 44.3 Å². The van der Waals surface area contributed by atoms with Crippen LogP contribution in [0, 0.1) is 0 Å². The van der Waals surface area contributed by atoms with Crippen LogP contribution in [0.15, 0.2) is 91.3 Å². The number of halogens is 3. The fourth-order valence-corrected chi connectivity index (χ4v) is 5.59. The molecule has 58 heavy (non-hydrogen) atoms. The Bertz CT molecular complexity index is 2240. The van der Waals surface area contributed by atoms with Crippen molar-refractivity contribution in [1.82, 2.24) is 24.3 Å². The molecule has 0 saturated carbocycles. The highest BCUT2D eigenvalue weighted by atomic mass is 19.4. The van der Waals surface area contributed by atoms with Crippen molar-refractivity contribution in [1.29, 1.82) is 0 Å². The minimum absolute atomic E-state index is 0.0262. The van der Waals surface area contributed by atoms with Crippen LogP contribution >= 0.6 is 0 Å². The molecular weight excluding hydrogens is 773 g/mol. The Morgan fingerprint density at radius 1 is 0.828 bits per heavy atom. The number of carbonyl (C=O) groups is 6. The van der Waals surface area contributed by atoms with Gasteiger partial charge in [-0.25, -0.2) is 24.2 Å². The van der Waals surface area contributed by atoms with Crippen LogP contribution in [-0.2, 0) is 38.9 Å². The van der Waals surface area contributed by atoms with E-state index in [1.54, 1.807) is 24.4 Å². The summed E-state index contributed by atoms with van der Waals surface area (Å²) in [5, 5.41) is 33.0. The molecule has 1 atom stereocenters. The number of piperazine rings is 1. The van der Waals surface area contributed by atoms with Gasteiger partial charge < -0.3 is 39.9 Å². The molecule has 4 heterocycles. The van der Waals surface area contributed by atoms with Crippen LogP contribution in [-0.4, -0.2) is 106 Å². The molecular formula is C38H35F3N6O11. The maximum atomic E-state index is 13.7. The van der Waals surface area contributed by atoms with E-state index in [0.29, 0.717) is 23.7 Å². The van der Waals surface area contributed by atoms with Crippen molar-refractivity contribution in [3.63, 3.8) is 0 Å². The highest BCUT2D eigenvalue weighted by Crippen LogP contribution is 2.30. The normalized spacial score (nSPS) is 13.9. The van der Waals surface area contributed by atoms with Gasteiger partial charge in [0.2, 0.25) is 5.88 Å². The molecule has 0 spiro atoms. The smallest absolute Gasteiger partial charge is 0.416 e. The van der Waals surface area contributed by atoms with E-state index in [2.05, 4.69) is 27.1 Å². The standard InChI is InChI=1S/C34H31F3N6O3.2C2H2O4/c1-22-20-42(21-27-5-3-4-14-38-27)15-16-43(22)33(45)30-18-24-17-28(11-12-29(24)41(30)2)46-31-13-10-26(19-39-31)40-32(44)23-6-8-25(9-7-23)34(35,36)37;2*3-1(4)2(5)6/h3-14,17-19,22H,15-16,20-21H2,1-2H3,(H,40,44);2*(H,3,4)(H,5,6)/t22-;;/m0../s1. The van der Waals surface area contributed by atoms with Gasteiger partial charge in [-0.15, -0.1) is 0 Å². The monoisotopic (exact) mass is 808 g/mol. The number of carbonyl (C=O) groups excluding carboxylic acids is 2. The van der Waals surface area contributed by atoms with Crippen LogP contribution in [0.4, 0.5) is 18.9 Å². The Kier molecular flexibility index (Phi) is 14.2. The number of fused-ring (bicyclic) bond motifs is 1. The first-order valence-corrected chi connectivity index (χ1v) is 16.9. The Morgan fingerprint density at radius 2 is 1.48 bits per heavy atom. The fourth-order valence-electron chi connectivity index (χ4n) is 5.59. The Labute approximate surface area is 326 Å². The largest absolute Gasteiger partial charge is 0.473 e. The summed E-state index contributed by atoms with van der Waals surface area (Å²) in [6.45, 7) is 4.96. The zero-order chi connectivity index (χ0) is 42.7. The molecule has 3 aromatic heterocycles. The second-order valence-electron chi connectivity index (χ2n) is 12.4. The van der Waals surface area contributed by atoms with Crippen molar-refractivity contribution >= 4 is 52.3 Å². The van der Waals surface area contributed by atoms with E-state index >= 15 is 0 Å². The Morgan fingerprint density at radius 3 is 2.02 bits per heavy atom. The molecule has 5 aromatic rings. The number of carboxylic acids is 4. The third-order valence-corrected chi connectivity index (χ3v) is 8.37. The average Bonchev–Trinajstić information content (AvgIpc) is 3.51. The molecule has 2 aromatic carbocycles. The summed E-state index contributed by atoms with van der Waals surface area (Å²) in [7, 11) is 1.87. The fraction of sp³-hybridized carbons (Fsp3) is 0.211. The lowest BCUT2D eigenvalue weighted by atomic mass is 10.1. The zero-order valence-corrected chi connectivity index (χ0v) is 30.6.